The van der Waals surface area contributed by atoms with Gasteiger partial charge in [-0.25, -0.2) is 4.98 Å². The van der Waals surface area contributed by atoms with E-state index in [2.05, 4.69) is 22.1 Å². The van der Waals surface area contributed by atoms with Crippen molar-refractivity contribution in [3.8, 4) is 16.2 Å². The zero-order chi connectivity index (χ0) is 19.1. The van der Waals surface area contributed by atoms with E-state index in [4.69, 9.17) is 4.74 Å². The van der Waals surface area contributed by atoms with Gasteiger partial charge in [0.05, 0.1) is 25.4 Å². The van der Waals surface area contributed by atoms with E-state index < -0.39 is 0 Å². The lowest BCUT2D eigenvalue weighted by molar-refractivity contribution is 0.414. The number of H-pyrrole nitrogens is 1. The zero-order valence-electron chi connectivity index (χ0n) is 15.2. The summed E-state index contributed by atoms with van der Waals surface area (Å²) in [6, 6.07) is 17.9. The van der Waals surface area contributed by atoms with Gasteiger partial charge >= 0.3 is 0 Å². The molecule has 0 saturated heterocycles. The third-order valence-corrected chi connectivity index (χ3v) is 5.94. The third kappa shape index (κ3) is 2.78. The number of methoxy groups -OCH3 is 1. The Balaban J connectivity index is 1.58. The van der Waals surface area contributed by atoms with E-state index in [0.29, 0.717) is 11.9 Å². The Morgan fingerprint density at radius 2 is 2.00 bits per heavy atom. The molecule has 2 aromatic carbocycles. The molecule has 0 unspecified atom stereocenters. The van der Waals surface area contributed by atoms with Crippen LogP contribution in [0.3, 0.4) is 0 Å². The van der Waals surface area contributed by atoms with E-state index in [1.165, 1.54) is 0 Å². The van der Waals surface area contributed by atoms with Gasteiger partial charge in [0.2, 0.25) is 0 Å². The van der Waals surface area contributed by atoms with Crippen molar-refractivity contribution in [3.05, 3.63) is 83.0 Å². The molecule has 1 N–H and O–H groups in total. The van der Waals surface area contributed by atoms with E-state index in [0.717, 1.165) is 37.5 Å². The van der Waals surface area contributed by atoms with Crippen LogP contribution in [-0.2, 0) is 6.54 Å². The van der Waals surface area contributed by atoms with Crippen molar-refractivity contribution in [3.63, 3.8) is 0 Å². The Bertz CT molecular complexity index is 1360. The number of hydrogen-bond donors (Lipinski definition) is 1. The summed E-state index contributed by atoms with van der Waals surface area (Å²) in [6.45, 7) is 0.456. The fraction of sp³-hybridized carbons (Fsp3) is 0.0909. The largest absolute Gasteiger partial charge is 0.497 e. The smallest absolute Gasteiger partial charge is 0.262 e. The molecule has 5 rings (SSSR count). The Hall–Kier alpha value is -3.38. The highest BCUT2D eigenvalue weighted by Gasteiger charge is 2.13. The van der Waals surface area contributed by atoms with Crippen LogP contribution >= 0.6 is 11.3 Å². The molecule has 0 saturated carbocycles. The molecule has 0 atom stereocenters. The fourth-order valence-corrected chi connectivity index (χ4v) is 4.50. The minimum absolute atomic E-state index is 0.0310. The van der Waals surface area contributed by atoms with Crippen molar-refractivity contribution in [2.24, 2.45) is 0 Å². The highest BCUT2D eigenvalue weighted by atomic mass is 32.1. The zero-order valence-corrected chi connectivity index (χ0v) is 16.0. The number of fused-ring (bicyclic) bond motifs is 2. The minimum Gasteiger partial charge on any atom is -0.497 e. The number of ether oxygens (including phenoxy) is 1. The summed E-state index contributed by atoms with van der Waals surface area (Å²) in [5, 5.41) is 1.80. The predicted molar refractivity (Wildman–Crippen MR) is 113 cm³/mol. The van der Waals surface area contributed by atoms with E-state index in [1.54, 1.807) is 29.3 Å². The molecule has 6 heteroatoms. The second kappa shape index (κ2) is 6.65. The summed E-state index contributed by atoms with van der Waals surface area (Å²) in [4.78, 5) is 22.6. The van der Waals surface area contributed by atoms with Gasteiger partial charge in [0.25, 0.3) is 5.56 Å². The summed E-state index contributed by atoms with van der Waals surface area (Å²) in [7, 11) is 1.64. The second-order valence-corrected chi connectivity index (χ2v) is 7.63. The summed E-state index contributed by atoms with van der Waals surface area (Å²) in [5.74, 6) is 0.775. The number of nitrogens with zero attached hydrogens (tertiary/aromatic N) is 2. The minimum atomic E-state index is -0.0310. The molecule has 5 aromatic rings. The monoisotopic (exact) mass is 387 g/mol. The van der Waals surface area contributed by atoms with Gasteiger partial charge in [-0.05, 0) is 35.9 Å². The normalized spacial score (nSPS) is 11.3. The average molecular weight is 387 g/mol. The van der Waals surface area contributed by atoms with Crippen LogP contribution in [0.4, 0.5) is 0 Å². The van der Waals surface area contributed by atoms with E-state index in [9.17, 15) is 4.79 Å². The van der Waals surface area contributed by atoms with Crippen LogP contribution in [-0.4, -0.2) is 21.6 Å². The van der Waals surface area contributed by atoms with Crippen molar-refractivity contribution in [2.75, 3.05) is 7.11 Å². The average Bonchev–Trinajstić information content (AvgIpc) is 3.37. The van der Waals surface area contributed by atoms with E-state index in [1.807, 2.05) is 48.7 Å². The number of aromatic nitrogens is 3. The third-order valence-electron chi connectivity index (χ3n) is 4.87. The summed E-state index contributed by atoms with van der Waals surface area (Å²) < 4.78 is 6.91. The van der Waals surface area contributed by atoms with Gasteiger partial charge in [-0.3, -0.25) is 9.36 Å². The Kier molecular flexibility index (Phi) is 3.98. The fourth-order valence-electron chi connectivity index (χ4n) is 3.47. The van der Waals surface area contributed by atoms with Gasteiger partial charge in [-0.1, -0.05) is 24.3 Å². The number of rotatable bonds is 4. The van der Waals surface area contributed by atoms with Crippen LogP contribution in [0, 0.1) is 0 Å². The molecular formula is C22H17N3O2S. The lowest BCUT2D eigenvalue weighted by Gasteiger charge is -2.07. The molecule has 0 amide bonds. The standard InChI is InChI=1S/C22H17N3O2S/c1-27-15-5-2-4-14(10-15)12-25-13-24-21-18(22(25)26)11-20(28-21)17-6-3-7-19-16(17)8-9-23-19/h2-11,13,23H,12H2,1H3. The lowest BCUT2D eigenvalue weighted by Crippen LogP contribution is -2.20. The second-order valence-electron chi connectivity index (χ2n) is 6.60. The molecule has 0 aliphatic carbocycles. The SMILES string of the molecule is COc1cccc(Cn2cnc3sc(-c4cccc5[nH]ccc45)cc3c2=O)c1. The molecule has 28 heavy (non-hydrogen) atoms. The first-order valence-electron chi connectivity index (χ1n) is 8.91. The van der Waals surface area contributed by atoms with Crippen LogP contribution < -0.4 is 10.3 Å². The summed E-state index contributed by atoms with van der Waals surface area (Å²) in [5.41, 5.74) is 3.16. The van der Waals surface area contributed by atoms with Crippen molar-refractivity contribution in [2.45, 2.75) is 6.54 Å². The first kappa shape index (κ1) is 16.8. The highest BCUT2D eigenvalue weighted by molar-refractivity contribution is 7.21. The number of hydrogen-bond acceptors (Lipinski definition) is 4. The van der Waals surface area contributed by atoms with Crippen LogP contribution in [0.2, 0.25) is 0 Å². The molecule has 5 nitrogen and oxygen atoms in total. The van der Waals surface area contributed by atoms with Crippen LogP contribution in [0.15, 0.2) is 71.9 Å². The van der Waals surface area contributed by atoms with Gasteiger partial charge < -0.3 is 9.72 Å². The van der Waals surface area contributed by atoms with Crippen molar-refractivity contribution >= 4 is 32.5 Å². The maximum Gasteiger partial charge on any atom is 0.262 e. The lowest BCUT2D eigenvalue weighted by atomic mass is 10.1. The van der Waals surface area contributed by atoms with Gasteiger partial charge in [-0.15, -0.1) is 11.3 Å². The first-order chi connectivity index (χ1) is 13.7. The van der Waals surface area contributed by atoms with Crippen LogP contribution in [0.1, 0.15) is 5.56 Å². The quantitative estimate of drug-likeness (QED) is 0.488. The van der Waals surface area contributed by atoms with Gasteiger partial charge in [-0.2, -0.15) is 0 Å². The Morgan fingerprint density at radius 1 is 1.11 bits per heavy atom. The van der Waals surface area contributed by atoms with Gasteiger partial charge in [0, 0.05) is 27.5 Å². The molecule has 0 fully saturated rings. The topological polar surface area (TPSA) is 59.9 Å². The molecule has 0 bridgehead atoms. The maximum atomic E-state index is 13.0. The Labute approximate surface area is 164 Å². The number of aromatic amines is 1. The van der Waals surface area contributed by atoms with Gasteiger partial charge in [0.1, 0.15) is 10.6 Å². The van der Waals surface area contributed by atoms with E-state index >= 15 is 0 Å². The molecule has 0 radical (unpaired) electrons. The van der Waals surface area contributed by atoms with Crippen molar-refractivity contribution < 1.29 is 4.74 Å². The van der Waals surface area contributed by atoms with Gasteiger partial charge in [0.15, 0.2) is 0 Å². The number of benzene rings is 2. The number of nitrogens with one attached hydrogen (secondary N) is 1. The Morgan fingerprint density at radius 3 is 2.89 bits per heavy atom. The number of thiophene rings is 1. The predicted octanol–water partition coefficient (Wildman–Crippen LogP) is 4.66. The molecule has 3 aromatic heterocycles. The maximum absolute atomic E-state index is 13.0. The molecular weight excluding hydrogens is 370 g/mol. The first-order valence-corrected chi connectivity index (χ1v) is 9.73. The molecule has 0 spiro atoms. The molecule has 138 valence electrons. The molecule has 0 aliphatic heterocycles. The van der Waals surface area contributed by atoms with Crippen LogP contribution in [0.5, 0.6) is 5.75 Å². The summed E-state index contributed by atoms with van der Waals surface area (Å²) >= 11 is 1.55. The van der Waals surface area contributed by atoms with Crippen molar-refractivity contribution in [1.82, 2.24) is 14.5 Å². The summed E-state index contributed by atoms with van der Waals surface area (Å²) in [6.07, 6.45) is 3.56. The van der Waals surface area contributed by atoms with E-state index in [-0.39, 0.29) is 5.56 Å². The van der Waals surface area contributed by atoms with Crippen LogP contribution in [0.25, 0.3) is 31.6 Å². The highest BCUT2D eigenvalue weighted by Crippen LogP contribution is 2.35. The van der Waals surface area contributed by atoms with Crippen molar-refractivity contribution in [1.29, 1.82) is 0 Å². The molecule has 3 heterocycles. The molecule has 0 aliphatic rings.